The highest BCUT2D eigenvalue weighted by Crippen LogP contribution is 1.91. The highest BCUT2D eigenvalue weighted by Gasteiger charge is 1.94. The number of carbonyl (C=O) groups excluding carboxylic acids is 2. The molecular weight excluding hydrogens is 160 g/mol. The molecule has 0 N–H and O–H groups in total. The summed E-state index contributed by atoms with van der Waals surface area (Å²) in [5.41, 5.74) is 0. The molecule has 12 heavy (non-hydrogen) atoms. The fourth-order valence-electron chi connectivity index (χ4n) is 0.567. The summed E-state index contributed by atoms with van der Waals surface area (Å²) in [7, 11) is 0. The number of hydrogen-bond donors (Lipinski definition) is 0. The van der Waals surface area contributed by atoms with E-state index in [1.807, 2.05) is 0 Å². The lowest BCUT2D eigenvalue weighted by Gasteiger charge is -2.00. The molecule has 0 radical (unpaired) electrons. The number of ether oxygens (including phenoxy) is 2. The molecule has 4 heteroatoms. The fourth-order valence-corrected chi connectivity index (χ4v) is 0.567. The minimum atomic E-state index is -0.425. The first-order chi connectivity index (χ1) is 5.81. The molecule has 0 aromatic carbocycles. The van der Waals surface area contributed by atoms with Gasteiger partial charge in [-0.15, -0.1) is 0 Å². The Hall–Kier alpha value is -1.32. The molecule has 0 aliphatic carbocycles. The molecule has 0 aromatic rings. The zero-order valence-corrected chi connectivity index (χ0v) is 6.82. The SMILES string of the molecule is C=CC(=O)OCCCCOC=O. The van der Waals surface area contributed by atoms with E-state index in [-0.39, 0.29) is 0 Å². The zero-order valence-electron chi connectivity index (χ0n) is 6.82. The molecule has 68 valence electrons. The summed E-state index contributed by atoms with van der Waals surface area (Å²) in [6.45, 7) is 4.35. The third kappa shape index (κ3) is 6.80. The second-order valence-corrected chi connectivity index (χ2v) is 2.05. The number of carbonyl (C=O) groups is 2. The summed E-state index contributed by atoms with van der Waals surface area (Å²) in [5, 5.41) is 0. The quantitative estimate of drug-likeness (QED) is 0.245. The fraction of sp³-hybridized carbons (Fsp3) is 0.500. The first kappa shape index (κ1) is 10.7. The van der Waals surface area contributed by atoms with E-state index >= 15 is 0 Å². The highest BCUT2D eigenvalue weighted by molar-refractivity contribution is 5.81. The van der Waals surface area contributed by atoms with Crippen LogP contribution in [0.5, 0.6) is 0 Å². The van der Waals surface area contributed by atoms with Crippen molar-refractivity contribution in [3.63, 3.8) is 0 Å². The van der Waals surface area contributed by atoms with Crippen molar-refractivity contribution in [1.29, 1.82) is 0 Å². The Morgan fingerprint density at radius 2 is 2.00 bits per heavy atom. The maximum Gasteiger partial charge on any atom is 0.330 e. The van der Waals surface area contributed by atoms with Crippen LogP contribution in [0.15, 0.2) is 12.7 Å². The lowest BCUT2D eigenvalue weighted by Crippen LogP contribution is -2.03. The minimum Gasteiger partial charge on any atom is -0.468 e. The third-order valence-electron chi connectivity index (χ3n) is 1.14. The van der Waals surface area contributed by atoms with Crippen LogP contribution < -0.4 is 0 Å². The van der Waals surface area contributed by atoms with Gasteiger partial charge in [0.2, 0.25) is 0 Å². The molecule has 0 saturated heterocycles. The second kappa shape index (κ2) is 7.78. The van der Waals surface area contributed by atoms with Crippen LogP contribution in [-0.4, -0.2) is 25.7 Å². The summed E-state index contributed by atoms with van der Waals surface area (Å²) >= 11 is 0. The van der Waals surface area contributed by atoms with Gasteiger partial charge in [-0.2, -0.15) is 0 Å². The van der Waals surface area contributed by atoms with Gasteiger partial charge in [0, 0.05) is 6.08 Å². The van der Waals surface area contributed by atoms with Gasteiger partial charge in [-0.05, 0) is 12.8 Å². The summed E-state index contributed by atoms with van der Waals surface area (Å²) in [5.74, 6) is -0.425. The standard InChI is InChI=1S/C8H12O4/c1-2-8(10)12-6-4-3-5-11-7-9/h2,7H,1,3-6H2. The van der Waals surface area contributed by atoms with Gasteiger partial charge in [-0.25, -0.2) is 4.79 Å². The van der Waals surface area contributed by atoms with Crippen molar-refractivity contribution in [2.24, 2.45) is 0 Å². The van der Waals surface area contributed by atoms with Gasteiger partial charge in [0.05, 0.1) is 13.2 Å². The van der Waals surface area contributed by atoms with Crippen LogP contribution in [0.25, 0.3) is 0 Å². The van der Waals surface area contributed by atoms with Gasteiger partial charge < -0.3 is 9.47 Å². The number of rotatable bonds is 7. The molecule has 0 spiro atoms. The van der Waals surface area contributed by atoms with Crippen molar-refractivity contribution >= 4 is 12.4 Å². The first-order valence-electron chi connectivity index (χ1n) is 3.65. The van der Waals surface area contributed by atoms with Gasteiger partial charge in [0.1, 0.15) is 0 Å². The van der Waals surface area contributed by atoms with Crippen LogP contribution in [-0.2, 0) is 19.1 Å². The summed E-state index contributed by atoms with van der Waals surface area (Å²) < 4.78 is 9.10. The van der Waals surface area contributed by atoms with E-state index in [1.54, 1.807) is 0 Å². The molecule has 0 fully saturated rings. The molecule has 0 aromatic heterocycles. The number of unbranched alkanes of at least 4 members (excludes halogenated alkanes) is 1. The van der Waals surface area contributed by atoms with Crippen LogP contribution in [0, 0.1) is 0 Å². The van der Waals surface area contributed by atoms with E-state index in [0.29, 0.717) is 32.5 Å². The van der Waals surface area contributed by atoms with Gasteiger partial charge in [0.15, 0.2) is 0 Å². The van der Waals surface area contributed by atoms with E-state index in [1.165, 1.54) is 0 Å². The second-order valence-electron chi connectivity index (χ2n) is 2.05. The van der Waals surface area contributed by atoms with E-state index in [4.69, 9.17) is 0 Å². The highest BCUT2D eigenvalue weighted by atomic mass is 16.5. The normalized spacial score (nSPS) is 8.67. The van der Waals surface area contributed by atoms with Crippen LogP contribution >= 0.6 is 0 Å². The van der Waals surface area contributed by atoms with Gasteiger partial charge >= 0.3 is 5.97 Å². The summed E-state index contributed by atoms with van der Waals surface area (Å²) in [6.07, 6.45) is 2.50. The summed E-state index contributed by atoms with van der Waals surface area (Å²) in [4.78, 5) is 20.1. The Balaban J connectivity index is 3.05. The summed E-state index contributed by atoms with van der Waals surface area (Å²) in [6, 6.07) is 0. The third-order valence-corrected chi connectivity index (χ3v) is 1.14. The van der Waals surface area contributed by atoms with Crippen LogP contribution in [0.3, 0.4) is 0 Å². The Kier molecular flexibility index (Phi) is 6.93. The van der Waals surface area contributed by atoms with Crippen molar-refractivity contribution in [2.45, 2.75) is 12.8 Å². The molecule has 0 bridgehead atoms. The van der Waals surface area contributed by atoms with E-state index < -0.39 is 5.97 Å². The predicted molar refractivity (Wildman–Crippen MR) is 42.4 cm³/mol. The topological polar surface area (TPSA) is 52.6 Å². The minimum absolute atomic E-state index is 0.340. The van der Waals surface area contributed by atoms with Crippen LogP contribution in [0.1, 0.15) is 12.8 Å². The average molecular weight is 172 g/mol. The van der Waals surface area contributed by atoms with Crippen molar-refractivity contribution in [3.05, 3.63) is 12.7 Å². The predicted octanol–water partition coefficient (Wildman–Crippen LogP) is 0.669. The van der Waals surface area contributed by atoms with Crippen LogP contribution in [0.2, 0.25) is 0 Å². The smallest absolute Gasteiger partial charge is 0.330 e. The van der Waals surface area contributed by atoms with Crippen molar-refractivity contribution < 1.29 is 19.1 Å². The molecule has 0 amide bonds. The van der Waals surface area contributed by atoms with E-state index in [0.717, 1.165) is 6.08 Å². The number of esters is 1. The Labute approximate surface area is 71.2 Å². The largest absolute Gasteiger partial charge is 0.468 e. The molecule has 0 heterocycles. The molecular formula is C8H12O4. The first-order valence-corrected chi connectivity index (χ1v) is 3.65. The molecule has 4 nitrogen and oxygen atoms in total. The van der Waals surface area contributed by atoms with Gasteiger partial charge in [0.25, 0.3) is 6.47 Å². The maximum absolute atomic E-state index is 10.5. The van der Waals surface area contributed by atoms with Crippen molar-refractivity contribution in [2.75, 3.05) is 13.2 Å². The lowest BCUT2D eigenvalue weighted by atomic mass is 10.3. The zero-order chi connectivity index (χ0) is 9.23. The monoisotopic (exact) mass is 172 g/mol. The van der Waals surface area contributed by atoms with Crippen LogP contribution in [0.4, 0.5) is 0 Å². The molecule has 0 rings (SSSR count). The van der Waals surface area contributed by atoms with E-state index in [2.05, 4.69) is 16.1 Å². The molecule has 0 atom stereocenters. The van der Waals surface area contributed by atoms with Crippen molar-refractivity contribution in [1.82, 2.24) is 0 Å². The Bertz CT molecular complexity index is 153. The van der Waals surface area contributed by atoms with Gasteiger partial charge in [-0.3, -0.25) is 4.79 Å². The molecule has 0 aliphatic rings. The Morgan fingerprint density at radius 1 is 1.33 bits per heavy atom. The Morgan fingerprint density at radius 3 is 2.58 bits per heavy atom. The maximum atomic E-state index is 10.5. The lowest BCUT2D eigenvalue weighted by molar-refractivity contribution is -0.138. The molecule has 0 aliphatic heterocycles. The molecule has 0 unspecified atom stereocenters. The average Bonchev–Trinajstić information content (AvgIpc) is 2.10. The molecule has 0 saturated carbocycles. The number of hydrogen-bond acceptors (Lipinski definition) is 4. The van der Waals surface area contributed by atoms with Crippen molar-refractivity contribution in [3.8, 4) is 0 Å². The van der Waals surface area contributed by atoms with Gasteiger partial charge in [-0.1, -0.05) is 6.58 Å². The van der Waals surface area contributed by atoms with E-state index in [9.17, 15) is 9.59 Å².